The van der Waals surface area contributed by atoms with Gasteiger partial charge in [0.05, 0.1) is 16.8 Å². The van der Waals surface area contributed by atoms with Crippen LogP contribution in [0.2, 0.25) is 0 Å². The molecule has 4 aromatic heterocycles. The fraction of sp³-hybridized carbons (Fsp3) is 0. The highest BCUT2D eigenvalue weighted by Crippen LogP contribution is 2.37. The summed E-state index contributed by atoms with van der Waals surface area (Å²) >= 11 is 0. The Bertz CT molecular complexity index is 1420. The van der Waals surface area contributed by atoms with Gasteiger partial charge in [-0.3, -0.25) is 25.0 Å². The van der Waals surface area contributed by atoms with Crippen molar-refractivity contribution in [3.8, 4) is 33.5 Å². The molecule has 0 spiro atoms. The molecule has 1 amide bonds. The SMILES string of the molecule is Cl.Cl.Cl.O=C(NO)c1c(-c2ccncc2)c(-c2ccc(-c3ccncc3)cc2)nc2ccncc12. The van der Waals surface area contributed by atoms with E-state index in [1.807, 2.05) is 48.5 Å². The minimum atomic E-state index is -0.633. The number of hydrogen-bond donors (Lipinski definition) is 2. The number of pyridine rings is 4. The zero-order valence-corrected chi connectivity index (χ0v) is 20.5. The summed E-state index contributed by atoms with van der Waals surface area (Å²) < 4.78 is 0. The van der Waals surface area contributed by atoms with Gasteiger partial charge in [0.1, 0.15) is 0 Å². The Morgan fingerprint density at radius 1 is 0.657 bits per heavy atom. The highest BCUT2D eigenvalue weighted by atomic mass is 35.5. The van der Waals surface area contributed by atoms with E-state index in [0.717, 1.165) is 22.3 Å². The van der Waals surface area contributed by atoms with Gasteiger partial charge in [-0.2, -0.15) is 0 Å². The van der Waals surface area contributed by atoms with Gasteiger partial charge in [-0.1, -0.05) is 24.3 Å². The Hall–Kier alpha value is -3.62. The van der Waals surface area contributed by atoms with Gasteiger partial charge < -0.3 is 0 Å². The van der Waals surface area contributed by atoms with Crippen LogP contribution in [0.1, 0.15) is 10.4 Å². The summed E-state index contributed by atoms with van der Waals surface area (Å²) in [5, 5.41) is 10.0. The number of hydroxylamine groups is 1. The maximum atomic E-state index is 12.8. The molecule has 0 radical (unpaired) electrons. The van der Waals surface area contributed by atoms with Crippen LogP contribution >= 0.6 is 37.2 Å². The first-order valence-corrected chi connectivity index (χ1v) is 9.89. The van der Waals surface area contributed by atoms with E-state index in [1.165, 1.54) is 0 Å². The van der Waals surface area contributed by atoms with Crippen molar-refractivity contribution in [1.82, 2.24) is 25.4 Å². The molecule has 178 valence electrons. The first-order valence-electron chi connectivity index (χ1n) is 9.89. The Morgan fingerprint density at radius 2 is 1.17 bits per heavy atom. The van der Waals surface area contributed by atoms with Crippen LogP contribution in [0.25, 0.3) is 44.4 Å². The molecule has 0 atom stereocenters. The number of nitrogens with one attached hydrogen (secondary N) is 1. The highest BCUT2D eigenvalue weighted by molar-refractivity contribution is 6.13. The summed E-state index contributed by atoms with van der Waals surface area (Å²) in [7, 11) is 0. The number of benzene rings is 1. The van der Waals surface area contributed by atoms with E-state index in [4.69, 9.17) is 4.98 Å². The second-order valence-electron chi connectivity index (χ2n) is 7.09. The average molecular weight is 529 g/mol. The van der Waals surface area contributed by atoms with Crippen LogP contribution in [0, 0.1) is 0 Å². The summed E-state index contributed by atoms with van der Waals surface area (Å²) in [5.74, 6) is -0.633. The molecule has 35 heavy (non-hydrogen) atoms. The smallest absolute Gasteiger partial charge is 0.276 e. The predicted molar refractivity (Wildman–Crippen MR) is 142 cm³/mol. The number of carbonyl (C=O) groups is 1. The van der Waals surface area contributed by atoms with Gasteiger partial charge in [-0.15, -0.1) is 37.2 Å². The number of aromatic nitrogens is 4. The van der Waals surface area contributed by atoms with Gasteiger partial charge in [0.2, 0.25) is 0 Å². The van der Waals surface area contributed by atoms with Crippen LogP contribution in [-0.2, 0) is 0 Å². The first-order chi connectivity index (χ1) is 15.8. The zero-order valence-electron chi connectivity index (χ0n) is 18.0. The summed E-state index contributed by atoms with van der Waals surface area (Å²) in [4.78, 5) is 30.0. The van der Waals surface area contributed by atoms with Gasteiger partial charge in [0.15, 0.2) is 0 Å². The lowest BCUT2D eigenvalue weighted by molar-refractivity contribution is 0.0709. The summed E-state index contributed by atoms with van der Waals surface area (Å²) in [6.07, 6.45) is 10.0. The third kappa shape index (κ3) is 5.39. The lowest BCUT2D eigenvalue weighted by atomic mass is 9.92. The van der Waals surface area contributed by atoms with E-state index in [1.54, 1.807) is 48.7 Å². The van der Waals surface area contributed by atoms with E-state index in [0.29, 0.717) is 27.7 Å². The van der Waals surface area contributed by atoms with Crippen molar-refractivity contribution in [2.75, 3.05) is 0 Å². The third-order valence-electron chi connectivity index (χ3n) is 5.26. The molecule has 0 saturated heterocycles. The van der Waals surface area contributed by atoms with Gasteiger partial charge in [0, 0.05) is 53.7 Å². The number of amides is 1. The van der Waals surface area contributed by atoms with Crippen molar-refractivity contribution in [1.29, 1.82) is 0 Å². The molecule has 0 unspecified atom stereocenters. The number of fused-ring (bicyclic) bond motifs is 1. The van der Waals surface area contributed by atoms with Gasteiger partial charge in [0.25, 0.3) is 5.91 Å². The van der Waals surface area contributed by atoms with Crippen LogP contribution in [0.5, 0.6) is 0 Å². The maximum absolute atomic E-state index is 12.8. The Kier molecular flexibility index (Phi) is 9.62. The molecule has 7 nitrogen and oxygen atoms in total. The summed E-state index contributed by atoms with van der Waals surface area (Å²) in [5.41, 5.74) is 7.57. The summed E-state index contributed by atoms with van der Waals surface area (Å²) in [6, 6.07) is 17.2. The van der Waals surface area contributed by atoms with Crippen LogP contribution in [-0.4, -0.2) is 31.1 Å². The van der Waals surface area contributed by atoms with E-state index in [-0.39, 0.29) is 37.2 Å². The molecule has 0 fully saturated rings. The fourth-order valence-electron chi connectivity index (χ4n) is 3.77. The van der Waals surface area contributed by atoms with E-state index in [2.05, 4.69) is 15.0 Å². The molecule has 5 aromatic rings. The van der Waals surface area contributed by atoms with Crippen molar-refractivity contribution < 1.29 is 10.0 Å². The lowest BCUT2D eigenvalue weighted by Crippen LogP contribution is -2.20. The monoisotopic (exact) mass is 527 g/mol. The Balaban J connectivity index is 0.00000144. The van der Waals surface area contributed by atoms with E-state index >= 15 is 0 Å². The van der Waals surface area contributed by atoms with Crippen LogP contribution < -0.4 is 5.48 Å². The molecule has 0 bridgehead atoms. The predicted octanol–water partition coefficient (Wildman–Crippen LogP) is 5.81. The van der Waals surface area contributed by atoms with Crippen LogP contribution in [0.4, 0.5) is 0 Å². The second kappa shape index (κ2) is 12.2. The van der Waals surface area contributed by atoms with Crippen LogP contribution in [0.15, 0.2) is 91.8 Å². The minimum absolute atomic E-state index is 0. The molecular weight excluding hydrogens is 509 g/mol. The summed E-state index contributed by atoms with van der Waals surface area (Å²) in [6.45, 7) is 0. The molecule has 0 aliphatic rings. The topological polar surface area (TPSA) is 101 Å². The normalized spacial score (nSPS) is 9.86. The number of nitrogens with zero attached hydrogens (tertiary/aromatic N) is 4. The molecular formula is C25H20Cl3N5O2. The van der Waals surface area contributed by atoms with E-state index in [9.17, 15) is 10.0 Å². The Morgan fingerprint density at radius 3 is 1.77 bits per heavy atom. The quantitative estimate of drug-likeness (QED) is 0.226. The first kappa shape index (κ1) is 27.6. The molecule has 0 aliphatic carbocycles. The maximum Gasteiger partial charge on any atom is 0.276 e. The zero-order chi connectivity index (χ0) is 21.9. The minimum Gasteiger partial charge on any atom is -0.288 e. The number of carbonyl (C=O) groups excluding carboxylic acids is 1. The number of halogens is 3. The molecule has 1 aromatic carbocycles. The number of rotatable bonds is 4. The van der Waals surface area contributed by atoms with Gasteiger partial charge in [-0.25, -0.2) is 10.5 Å². The molecule has 5 rings (SSSR count). The second-order valence-corrected chi connectivity index (χ2v) is 7.09. The molecule has 4 heterocycles. The van der Waals surface area contributed by atoms with Crippen molar-refractivity contribution in [3.63, 3.8) is 0 Å². The van der Waals surface area contributed by atoms with Crippen molar-refractivity contribution in [2.24, 2.45) is 0 Å². The molecule has 10 heteroatoms. The van der Waals surface area contributed by atoms with Crippen molar-refractivity contribution >= 4 is 54.0 Å². The fourth-order valence-corrected chi connectivity index (χ4v) is 3.77. The van der Waals surface area contributed by atoms with E-state index < -0.39 is 5.91 Å². The van der Waals surface area contributed by atoms with Crippen LogP contribution in [0.3, 0.4) is 0 Å². The lowest BCUT2D eigenvalue weighted by Gasteiger charge is -2.16. The largest absolute Gasteiger partial charge is 0.288 e. The van der Waals surface area contributed by atoms with Crippen molar-refractivity contribution in [3.05, 3.63) is 97.3 Å². The molecule has 2 N–H and O–H groups in total. The van der Waals surface area contributed by atoms with Gasteiger partial charge in [-0.05, 0) is 47.0 Å². The molecule has 0 aliphatic heterocycles. The van der Waals surface area contributed by atoms with Gasteiger partial charge >= 0.3 is 0 Å². The van der Waals surface area contributed by atoms with Crippen molar-refractivity contribution in [2.45, 2.75) is 0 Å². The number of hydrogen-bond acceptors (Lipinski definition) is 6. The highest BCUT2D eigenvalue weighted by Gasteiger charge is 2.23. The third-order valence-corrected chi connectivity index (χ3v) is 5.26. The Labute approximate surface area is 219 Å². The average Bonchev–Trinajstić information content (AvgIpc) is 2.88. The standard InChI is InChI=1S/C25H17N5O2.3ClH/c31-25(30-32)23-20-15-28-14-9-21(20)29-24(22(23)18-7-12-27-13-8-18)19-3-1-16(2-4-19)17-5-10-26-11-6-17;;;/h1-15,32H,(H,30,31);3*1H. The molecule has 0 saturated carbocycles.